The van der Waals surface area contributed by atoms with Crippen molar-refractivity contribution in [3.05, 3.63) is 82.4 Å². The van der Waals surface area contributed by atoms with Gasteiger partial charge < -0.3 is 0 Å². The number of aromatic amines is 1. The lowest BCUT2D eigenvalue weighted by Crippen LogP contribution is -2.26. The molecule has 5 aromatic rings. The number of nitrogens with zero attached hydrogens (tertiary/aromatic N) is 8. The molecular weight excluding hydrogens is 442 g/mol. The fraction of sp³-hybridized carbons (Fsp3) is 0.280. The van der Waals surface area contributed by atoms with Crippen molar-refractivity contribution in [3.8, 4) is 28.3 Å². The van der Waals surface area contributed by atoms with E-state index in [1.54, 1.807) is 21.6 Å². The predicted molar refractivity (Wildman–Crippen MR) is 132 cm³/mol. The third-order valence-corrected chi connectivity index (χ3v) is 6.11. The van der Waals surface area contributed by atoms with Crippen molar-refractivity contribution in [3.63, 3.8) is 0 Å². The first-order chi connectivity index (χ1) is 17.0. The van der Waals surface area contributed by atoms with Crippen LogP contribution < -0.4 is 5.69 Å². The number of hydrogen-bond acceptors (Lipinski definition) is 6. The van der Waals surface area contributed by atoms with Crippen LogP contribution in [0.5, 0.6) is 0 Å². The molecule has 0 saturated carbocycles. The second kappa shape index (κ2) is 9.49. The number of rotatable bonds is 8. The molecule has 0 aliphatic heterocycles. The predicted octanol–water partition coefficient (Wildman–Crippen LogP) is 3.31. The van der Waals surface area contributed by atoms with Gasteiger partial charge in [0, 0.05) is 36.3 Å². The summed E-state index contributed by atoms with van der Waals surface area (Å²) in [5, 5.41) is 18.4. The molecule has 4 heterocycles. The minimum Gasteiger partial charge on any atom is -0.290 e. The van der Waals surface area contributed by atoms with Crippen molar-refractivity contribution < 1.29 is 0 Å². The molecule has 10 heteroatoms. The summed E-state index contributed by atoms with van der Waals surface area (Å²) in [7, 11) is 1.85. The fourth-order valence-electron chi connectivity index (χ4n) is 4.33. The molecule has 0 saturated heterocycles. The van der Waals surface area contributed by atoms with Crippen LogP contribution in [-0.4, -0.2) is 44.5 Å². The van der Waals surface area contributed by atoms with E-state index in [-0.39, 0.29) is 5.69 Å². The Labute approximate surface area is 202 Å². The average molecular weight is 470 g/mol. The number of tetrazole rings is 1. The van der Waals surface area contributed by atoms with Crippen molar-refractivity contribution >= 4 is 0 Å². The standard InChI is InChI=1S/C25H27N9O/c1-4-5-9-22-16-34(24-17(2)14-27-32(24)3)25(35)33(22)15-21-13-19(10-11-26-21)18-7-6-8-20(12-18)23-28-30-31-29-23/h6-8,10-14,16H,4-5,9,15H2,1-3H3,(H,28,29,30,31). The summed E-state index contributed by atoms with van der Waals surface area (Å²) in [4.78, 5) is 18.1. The number of aromatic nitrogens is 9. The van der Waals surface area contributed by atoms with E-state index in [9.17, 15) is 4.79 Å². The molecule has 0 atom stereocenters. The second-order valence-corrected chi connectivity index (χ2v) is 8.60. The zero-order chi connectivity index (χ0) is 24.4. The number of imidazole rings is 1. The van der Waals surface area contributed by atoms with Gasteiger partial charge in [-0.3, -0.25) is 18.8 Å². The molecule has 0 fully saturated rings. The SMILES string of the molecule is CCCCc1cn(-c2c(C)cnn2C)c(=O)n1Cc1cc(-c2cccc(-c3nnn[nH]3)c2)ccn1. The summed E-state index contributed by atoms with van der Waals surface area (Å²) in [6.07, 6.45) is 8.38. The van der Waals surface area contributed by atoms with Crippen LogP contribution in [0.2, 0.25) is 0 Å². The number of H-pyrrole nitrogens is 1. The minimum atomic E-state index is -0.0881. The number of aryl methyl sites for hydroxylation is 3. The Kier molecular flexibility index (Phi) is 6.09. The molecule has 1 N–H and O–H groups in total. The Morgan fingerprint density at radius 1 is 1.09 bits per heavy atom. The average Bonchev–Trinajstić information content (AvgIpc) is 3.60. The first kappa shape index (κ1) is 22.5. The largest absolute Gasteiger partial charge is 0.334 e. The Balaban J connectivity index is 1.51. The highest BCUT2D eigenvalue weighted by Crippen LogP contribution is 2.25. The maximum atomic E-state index is 13.5. The van der Waals surface area contributed by atoms with Gasteiger partial charge >= 0.3 is 5.69 Å². The topological polar surface area (TPSA) is 112 Å². The second-order valence-electron chi connectivity index (χ2n) is 8.60. The van der Waals surface area contributed by atoms with Gasteiger partial charge in [0.2, 0.25) is 0 Å². The summed E-state index contributed by atoms with van der Waals surface area (Å²) in [6.45, 7) is 4.51. The lowest BCUT2D eigenvalue weighted by molar-refractivity contribution is 0.656. The van der Waals surface area contributed by atoms with Gasteiger partial charge in [-0.1, -0.05) is 31.5 Å². The van der Waals surface area contributed by atoms with Gasteiger partial charge in [0.15, 0.2) is 5.82 Å². The van der Waals surface area contributed by atoms with E-state index >= 15 is 0 Å². The molecule has 0 aliphatic carbocycles. The Morgan fingerprint density at radius 3 is 2.66 bits per heavy atom. The first-order valence-corrected chi connectivity index (χ1v) is 11.6. The molecule has 0 amide bonds. The van der Waals surface area contributed by atoms with Gasteiger partial charge in [-0.15, -0.1) is 5.10 Å². The van der Waals surface area contributed by atoms with Crippen LogP contribution in [0, 0.1) is 6.92 Å². The van der Waals surface area contributed by atoms with E-state index in [2.05, 4.69) is 37.6 Å². The van der Waals surface area contributed by atoms with Gasteiger partial charge in [-0.05, 0) is 59.5 Å². The smallest absolute Gasteiger partial charge is 0.290 e. The number of pyridine rings is 1. The third kappa shape index (κ3) is 4.42. The van der Waals surface area contributed by atoms with E-state index < -0.39 is 0 Å². The quantitative estimate of drug-likeness (QED) is 0.373. The maximum Gasteiger partial charge on any atom is 0.334 e. The molecule has 1 aromatic carbocycles. The Hall–Kier alpha value is -4.34. The molecule has 0 aliphatic rings. The minimum absolute atomic E-state index is 0.0881. The summed E-state index contributed by atoms with van der Waals surface area (Å²) in [5.41, 5.74) is 5.59. The summed E-state index contributed by atoms with van der Waals surface area (Å²) in [6, 6.07) is 12.0. The number of nitrogens with one attached hydrogen (secondary N) is 1. The van der Waals surface area contributed by atoms with Gasteiger partial charge in [0.1, 0.15) is 5.82 Å². The van der Waals surface area contributed by atoms with Crippen LogP contribution >= 0.6 is 0 Å². The van der Waals surface area contributed by atoms with E-state index in [1.807, 2.05) is 61.1 Å². The summed E-state index contributed by atoms with van der Waals surface area (Å²) in [5.74, 6) is 1.40. The molecule has 0 bridgehead atoms. The molecular formula is C25H27N9O. The lowest BCUT2D eigenvalue weighted by Gasteiger charge is -2.09. The van der Waals surface area contributed by atoms with Crippen LogP contribution in [0.15, 0.2) is 59.8 Å². The van der Waals surface area contributed by atoms with Crippen molar-refractivity contribution in [2.75, 3.05) is 0 Å². The van der Waals surface area contributed by atoms with Gasteiger partial charge in [-0.2, -0.15) is 5.10 Å². The van der Waals surface area contributed by atoms with Gasteiger partial charge in [-0.25, -0.2) is 9.89 Å². The van der Waals surface area contributed by atoms with Crippen molar-refractivity contribution in [1.29, 1.82) is 0 Å². The highest BCUT2D eigenvalue weighted by molar-refractivity contribution is 5.70. The third-order valence-electron chi connectivity index (χ3n) is 6.11. The van der Waals surface area contributed by atoms with Crippen LogP contribution in [0.1, 0.15) is 36.7 Å². The first-order valence-electron chi connectivity index (χ1n) is 11.6. The highest BCUT2D eigenvalue weighted by atomic mass is 16.1. The molecule has 0 unspecified atom stereocenters. The van der Waals surface area contributed by atoms with Crippen molar-refractivity contribution in [2.45, 2.75) is 39.7 Å². The zero-order valence-corrected chi connectivity index (χ0v) is 20.0. The summed E-state index contributed by atoms with van der Waals surface area (Å²) < 4.78 is 5.26. The molecule has 0 radical (unpaired) electrons. The van der Waals surface area contributed by atoms with Crippen LogP contribution in [-0.2, 0) is 20.0 Å². The van der Waals surface area contributed by atoms with Crippen molar-refractivity contribution in [2.24, 2.45) is 7.05 Å². The van der Waals surface area contributed by atoms with Crippen LogP contribution in [0.3, 0.4) is 0 Å². The lowest BCUT2D eigenvalue weighted by atomic mass is 10.0. The van der Waals surface area contributed by atoms with Crippen molar-refractivity contribution in [1.82, 2.24) is 44.5 Å². The van der Waals surface area contributed by atoms with E-state index in [4.69, 9.17) is 0 Å². The summed E-state index contributed by atoms with van der Waals surface area (Å²) >= 11 is 0. The van der Waals surface area contributed by atoms with E-state index in [0.29, 0.717) is 12.4 Å². The molecule has 10 nitrogen and oxygen atoms in total. The fourth-order valence-corrected chi connectivity index (χ4v) is 4.33. The van der Waals surface area contributed by atoms with Crippen LogP contribution in [0.4, 0.5) is 0 Å². The van der Waals surface area contributed by atoms with Crippen LogP contribution in [0.25, 0.3) is 28.3 Å². The van der Waals surface area contributed by atoms with E-state index in [0.717, 1.165) is 58.7 Å². The maximum absolute atomic E-state index is 13.5. The number of benzene rings is 1. The van der Waals surface area contributed by atoms with E-state index in [1.165, 1.54) is 0 Å². The number of unbranched alkanes of at least 4 members (excludes halogenated alkanes) is 1. The highest BCUT2D eigenvalue weighted by Gasteiger charge is 2.17. The molecule has 5 rings (SSSR count). The Bertz CT molecular complexity index is 1490. The van der Waals surface area contributed by atoms with Gasteiger partial charge in [0.05, 0.1) is 18.4 Å². The Morgan fingerprint density at radius 2 is 1.91 bits per heavy atom. The zero-order valence-electron chi connectivity index (χ0n) is 20.0. The monoisotopic (exact) mass is 469 g/mol. The molecule has 35 heavy (non-hydrogen) atoms. The number of hydrogen-bond donors (Lipinski definition) is 1. The molecule has 4 aromatic heterocycles. The van der Waals surface area contributed by atoms with Gasteiger partial charge in [0.25, 0.3) is 0 Å². The normalized spacial score (nSPS) is 11.3. The molecule has 0 spiro atoms. The molecule has 178 valence electrons.